The summed E-state index contributed by atoms with van der Waals surface area (Å²) in [5.74, 6) is -0.328. The van der Waals surface area contributed by atoms with Gasteiger partial charge in [0.15, 0.2) is 17.8 Å². The predicted molar refractivity (Wildman–Crippen MR) is 58.1 cm³/mol. The van der Waals surface area contributed by atoms with Crippen molar-refractivity contribution in [1.29, 1.82) is 0 Å². The number of aromatic hydroxyl groups is 1. The van der Waals surface area contributed by atoms with E-state index in [1.165, 1.54) is 19.2 Å². The van der Waals surface area contributed by atoms with Crippen LogP contribution in [0.2, 0.25) is 0 Å². The van der Waals surface area contributed by atoms with Gasteiger partial charge in [-0.25, -0.2) is 0 Å². The first-order chi connectivity index (χ1) is 8.06. The van der Waals surface area contributed by atoms with Gasteiger partial charge in [0.05, 0.1) is 19.3 Å². The molecule has 0 heterocycles. The van der Waals surface area contributed by atoms with Crippen LogP contribution in [-0.4, -0.2) is 46.5 Å². The van der Waals surface area contributed by atoms with Crippen molar-refractivity contribution in [3.8, 4) is 11.5 Å². The minimum Gasteiger partial charge on any atom is -0.504 e. The highest BCUT2D eigenvalue weighted by Crippen LogP contribution is 2.34. The first-order valence-electron chi connectivity index (χ1n) is 4.88. The molecular formula is C11H14O6. The largest absolute Gasteiger partial charge is 0.504 e. The quantitative estimate of drug-likeness (QED) is 0.523. The zero-order valence-corrected chi connectivity index (χ0v) is 9.20. The van der Waals surface area contributed by atoms with Crippen LogP contribution in [-0.2, 0) is 0 Å². The predicted octanol–water partition coefficient (Wildman–Crippen LogP) is -0.400. The van der Waals surface area contributed by atoms with Crippen LogP contribution in [0, 0.1) is 0 Å². The van der Waals surface area contributed by atoms with E-state index in [0.29, 0.717) is 6.29 Å². The summed E-state index contributed by atoms with van der Waals surface area (Å²) < 4.78 is 4.81. The van der Waals surface area contributed by atoms with Crippen LogP contribution in [0.3, 0.4) is 0 Å². The third-order valence-corrected chi connectivity index (χ3v) is 2.42. The third-order valence-electron chi connectivity index (χ3n) is 2.42. The summed E-state index contributed by atoms with van der Waals surface area (Å²) in [6, 6.07) is 2.69. The number of hydrogen-bond acceptors (Lipinski definition) is 6. The maximum atomic E-state index is 10.9. The molecule has 0 saturated carbocycles. The van der Waals surface area contributed by atoms with Gasteiger partial charge in [-0.15, -0.1) is 0 Å². The van der Waals surface area contributed by atoms with Gasteiger partial charge in [0.2, 0.25) is 0 Å². The van der Waals surface area contributed by atoms with Crippen LogP contribution in [0.5, 0.6) is 11.5 Å². The molecule has 0 aromatic heterocycles. The molecule has 2 atom stereocenters. The molecule has 0 fully saturated rings. The van der Waals surface area contributed by atoms with Crippen LogP contribution in [0.15, 0.2) is 12.1 Å². The van der Waals surface area contributed by atoms with Gasteiger partial charge in [-0.2, -0.15) is 0 Å². The fraction of sp³-hybridized carbons (Fsp3) is 0.364. The Kier molecular flexibility index (Phi) is 4.45. The van der Waals surface area contributed by atoms with Crippen molar-refractivity contribution in [2.45, 2.75) is 12.2 Å². The Hall–Kier alpha value is -1.63. The molecule has 1 aromatic carbocycles. The van der Waals surface area contributed by atoms with Crippen molar-refractivity contribution in [2.75, 3.05) is 13.7 Å². The fourth-order valence-electron chi connectivity index (χ4n) is 1.46. The highest BCUT2D eigenvalue weighted by molar-refractivity contribution is 5.83. The Bertz CT molecular complexity index is 403. The third kappa shape index (κ3) is 2.55. The molecule has 0 aliphatic heterocycles. The zero-order valence-electron chi connectivity index (χ0n) is 9.20. The second-order valence-corrected chi connectivity index (χ2v) is 3.43. The average molecular weight is 242 g/mol. The van der Waals surface area contributed by atoms with Crippen LogP contribution in [0.4, 0.5) is 0 Å². The summed E-state index contributed by atoms with van der Waals surface area (Å²) in [5.41, 5.74) is -0.149. The second-order valence-electron chi connectivity index (χ2n) is 3.43. The molecule has 1 aromatic rings. The van der Waals surface area contributed by atoms with E-state index < -0.39 is 24.6 Å². The molecule has 6 nitrogen and oxygen atoms in total. The number of aliphatic hydroxyl groups is 3. The number of carbonyl (C=O) groups excluding carboxylic acids is 1. The summed E-state index contributed by atoms with van der Waals surface area (Å²) in [7, 11) is 1.32. The van der Waals surface area contributed by atoms with Gasteiger partial charge >= 0.3 is 0 Å². The lowest BCUT2D eigenvalue weighted by atomic mass is 9.98. The standard InChI is InChI=1S/C11H14O6/c1-17-9-3-2-6(7(4-12)11(9)16)10(15)8(14)5-13/h2-4,8,10,13-16H,5H2,1H3. The topological polar surface area (TPSA) is 107 Å². The van der Waals surface area contributed by atoms with Gasteiger partial charge in [0.1, 0.15) is 12.2 Å². The monoisotopic (exact) mass is 242 g/mol. The normalized spacial score (nSPS) is 14.1. The van der Waals surface area contributed by atoms with Crippen molar-refractivity contribution in [2.24, 2.45) is 0 Å². The Balaban J connectivity index is 3.25. The molecular weight excluding hydrogens is 228 g/mol. The number of rotatable bonds is 5. The van der Waals surface area contributed by atoms with Gasteiger partial charge in [-0.1, -0.05) is 6.07 Å². The molecule has 4 N–H and O–H groups in total. The highest BCUT2D eigenvalue weighted by Gasteiger charge is 2.23. The van der Waals surface area contributed by atoms with Crippen LogP contribution < -0.4 is 4.74 Å². The summed E-state index contributed by atoms with van der Waals surface area (Å²) in [6.07, 6.45) is -2.54. The van der Waals surface area contributed by atoms with E-state index in [1.54, 1.807) is 0 Å². The van der Waals surface area contributed by atoms with E-state index in [2.05, 4.69) is 0 Å². The van der Waals surface area contributed by atoms with Crippen molar-refractivity contribution in [3.05, 3.63) is 23.3 Å². The minimum absolute atomic E-state index is 0.0276. The van der Waals surface area contributed by atoms with Gasteiger partial charge in [0, 0.05) is 0 Å². The van der Waals surface area contributed by atoms with Crippen molar-refractivity contribution < 1.29 is 30.0 Å². The van der Waals surface area contributed by atoms with E-state index in [9.17, 15) is 20.1 Å². The first kappa shape index (κ1) is 13.4. The lowest BCUT2D eigenvalue weighted by molar-refractivity contribution is -0.0155. The van der Waals surface area contributed by atoms with Gasteiger partial charge in [-0.05, 0) is 11.6 Å². The number of benzene rings is 1. The summed E-state index contributed by atoms with van der Waals surface area (Å²) >= 11 is 0. The number of methoxy groups -OCH3 is 1. The molecule has 1 rings (SSSR count). The molecule has 94 valence electrons. The molecule has 0 saturated heterocycles. The Labute approximate surface area is 97.7 Å². The lowest BCUT2D eigenvalue weighted by Crippen LogP contribution is -2.23. The molecule has 6 heteroatoms. The van der Waals surface area contributed by atoms with Gasteiger partial charge in [-0.3, -0.25) is 4.79 Å². The highest BCUT2D eigenvalue weighted by atomic mass is 16.5. The van der Waals surface area contributed by atoms with Crippen molar-refractivity contribution in [1.82, 2.24) is 0 Å². The molecule has 0 aliphatic carbocycles. The molecule has 17 heavy (non-hydrogen) atoms. The van der Waals surface area contributed by atoms with E-state index in [1.807, 2.05) is 0 Å². The molecule has 0 bridgehead atoms. The maximum Gasteiger partial charge on any atom is 0.168 e. The van der Waals surface area contributed by atoms with E-state index in [0.717, 1.165) is 0 Å². The number of ether oxygens (including phenoxy) is 1. The molecule has 0 radical (unpaired) electrons. The average Bonchev–Trinajstić information content (AvgIpc) is 2.36. The first-order valence-corrected chi connectivity index (χ1v) is 4.88. The van der Waals surface area contributed by atoms with Crippen LogP contribution in [0.1, 0.15) is 22.0 Å². The summed E-state index contributed by atoms with van der Waals surface area (Å²) in [5, 5.41) is 37.3. The number of aliphatic hydroxyl groups excluding tert-OH is 3. The van der Waals surface area contributed by atoms with E-state index in [-0.39, 0.29) is 16.9 Å². The smallest absolute Gasteiger partial charge is 0.168 e. The van der Waals surface area contributed by atoms with E-state index >= 15 is 0 Å². The number of phenolic OH excluding ortho intramolecular Hbond substituents is 1. The number of hydrogen-bond donors (Lipinski definition) is 4. The van der Waals surface area contributed by atoms with Crippen molar-refractivity contribution in [3.63, 3.8) is 0 Å². The SMILES string of the molecule is COc1ccc(C(O)C(O)CO)c(C=O)c1O. The molecule has 2 unspecified atom stereocenters. The Morgan fingerprint density at radius 1 is 1.41 bits per heavy atom. The molecule has 0 amide bonds. The molecule has 0 aliphatic rings. The van der Waals surface area contributed by atoms with Crippen molar-refractivity contribution >= 4 is 6.29 Å². The Morgan fingerprint density at radius 2 is 2.06 bits per heavy atom. The Morgan fingerprint density at radius 3 is 2.53 bits per heavy atom. The number of aldehydes is 1. The van der Waals surface area contributed by atoms with Crippen LogP contribution >= 0.6 is 0 Å². The maximum absolute atomic E-state index is 10.9. The van der Waals surface area contributed by atoms with Gasteiger partial charge < -0.3 is 25.2 Å². The summed E-state index contributed by atoms with van der Waals surface area (Å²) in [4.78, 5) is 10.9. The second kappa shape index (κ2) is 5.62. The summed E-state index contributed by atoms with van der Waals surface area (Å²) in [6.45, 7) is -0.660. The van der Waals surface area contributed by atoms with Gasteiger partial charge in [0.25, 0.3) is 0 Å². The van der Waals surface area contributed by atoms with Crippen LogP contribution in [0.25, 0.3) is 0 Å². The number of carbonyl (C=O) groups is 1. The minimum atomic E-state index is -1.46. The number of phenols is 1. The zero-order chi connectivity index (χ0) is 13.0. The van der Waals surface area contributed by atoms with E-state index in [4.69, 9.17) is 9.84 Å². The lowest BCUT2D eigenvalue weighted by Gasteiger charge is -2.18. The fourth-order valence-corrected chi connectivity index (χ4v) is 1.46. The molecule has 0 spiro atoms.